The second-order valence-corrected chi connectivity index (χ2v) is 11.0. The van der Waals surface area contributed by atoms with Gasteiger partial charge in [0.05, 0.1) is 0 Å². The number of nitrogens with one attached hydrogen (secondary N) is 2. The Morgan fingerprint density at radius 1 is 0.971 bits per heavy atom. The van der Waals surface area contributed by atoms with Gasteiger partial charge in [-0.2, -0.15) is 11.8 Å². The van der Waals surface area contributed by atoms with E-state index in [1.165, 1.54) is 11.8 Å². The molecule has 0 spiro atoms. The van der Waals surface area contributed by atoms with Gasteiger partial charge in [0.2, 0.25) is 5.91 Å². The molecule has 0 fully saturated rings. The number of benzene rings is 2. The number of thioether (sulfide) groups is 1. The van der Waals surface area contributed by atoms with E-state index in [9.17, 15) is 19.5 Å². The molecule has 0 aromatic heterocycles. The van der Waals surface area contributed by atoms with Crippen molar-refractivity contribution in [3.05, 3.63) is 59.7 Å². The van der Waals surface area contributed by atoms with E-state index >= 15 is 0 Å². The number of ether oxygens (including phenoxy) is 1. The predicted molar refractivity (Wildman–Crippen MR) is 139 cm³/mol. The van der Waals surface area contributed by atoms with E-state index in [0.717, 1.165) is 22.3 Å². The number of hydrogen-bond donors (Lipinski definition) is 3. The third-order valence-electron chi connectivity index (χ3n) is 5.99. The number of carbonyl (C=O) groups is 3. The van der Waals surface area contributed by atoms with Gasteiger partial charge in [0.25, 0.3) is 0 Å². The fourth-order valence-electron chi connectivity index (χ4n) is 4.37. The summed E-state index contributed by atoms with van der Waals surface area (Å²) < 4.78 is 5.58. The Balaban J connectivity index is 1.66. The summed E-state index contributed by atoms with van der Waals surface area (Å²) in [7, 11) is 0. The highest BCUT2D eigenvalue weighted by Gasteiger charge is 2.31. The van der Waals surface area contributed by atoms with Gasteiger partial charge in [-0.05, 0) is 52.5 Å². The van der Waals surface area contributed by atoms with Crippen molar-refractivity contribution in [1.29, 1.82) is 0 Å². The zero-order valence-corrected chi connectivity index (χ0v) is 21.5. The van der Waals surface area contributed by atoms with Crippen LogP contribution in [0.4, 0.5) is 4.79 Å². The summed E-state index contributed by atoms with van der Waals surface area (Å²) in [6.45, 7) is 5.87. The van der Waals surface area contributed by atoms with Crippen LogP contribution in [0.1, 0.15) is 50.7 Å². The molecular formula is C27H34N2O5S. The van der Waals surface area contributed by atoms with E-state index in [2.05, 4.69) is 22.8 Å². The molecule has 3 rings (SSSR count). The number of rotatable bonds is 10. The Hall–Kier alpha value is -3.00. The van der Waals surface area contributed by atoms with Crippen molar-refractivity contribution >= 4 is 29.7 Å². The van der Waals surface area contributed by atoms with E-state index in [-0.39, 0.29) is 24.4 Å². The van der Waals surface area contributed by atoms with Crippen LogP contribution in [0.2, 0.25) is 0 Å². The van der Waals surface area contributed by atoms with Crippen LogP contribution in [-0.4, -0.2) is 53.8 Å². The van der Waals surface area contributed by atoms with E-state index in [0.29, 0.717) is 12.2 Å². The molecule has 35 heavy (non-hydrogen) atoms. The molecule has 3 N–H and O–H groups in total. The molecule has 0 bridgehead atoms. The molecule has 2 amide bonds. The molecular weight excluding hydrogens is 464 g/mol. The SMILES string of the molecule is CSCC[C@@H](NC(=O)OCC1c2ccccc2-c2ccccc21)C(=O)NC(CC(C)(C)C)C(=O)O. The van der Waals surface area contributed by atoms with Crippen molar-refractivity contribution in [1.82, 2.24) is 10.6 Å². The molecule has 1 aliphatic rings. The molecule has 0 heterocycles. The number of carboxylic acids is 1. The molecule has 0 radical (unpaired) electrons. The van der Waals surface area contributed by atoms with E-state index in [1.807, 2.05) is 63.4 Å². The summed E-state index contributed by atoms with van der Waals surface area (Å²) in [6.07, 6.45) is 1.84. The Labute approximate surface area is 211 Å². The van der Waals surface area contributed by atoms with Crippen molar-refractivity contribution in [2.75, 3.05) is 18.6 Å². The zero-order chi connectivity index (χ0) is 25.6. The highest BCUT2D eigenvalue weighted by Crippen LogP contribution is 2.44. The number of hydrogen-bond acceptors (Lipinski definition) is 5. The quantitative estimate of drug-likeness (QED) is 0.440. The Bertz CT molecular complexity index is 1020. The van der Waals surface area contributed by atoms with Crippen molar-refractivity contribution < 1.29 is 24.2 Å². The molecule has 1 unspecified atom stereocenters. The minimum atomic E-state index is -1.10. The number of amides is 2. The summed E-state index contributed by atoms with van der Waals surface area (Å²) in [5, 5.41) is 14.8. The third-order valence-corrected chi connectivity index (χ3v) is 6.64. The van der Waals surface area contributed by atoms with E-state index in [1.54, 1.807) is 0 Å². The van der Waals surface area contributed by atoms with Gasteiger partial charge in [-0.3, -0.25) is 4.79 Å². The summed E-state index contributed by atoms with van der Waals surface area (Å²) in [5.74, 6) is -1.09. The standard InChI is InChI=1S/C27H34N2O5S/c1-27(2,3)15-23(25(31)32)28-24(30)22(13-14-35-4)29-26(33)34-16-21-19-11-7-5-9-17(19)18-10-6-8-12-20(18)21/h5-12,21-23H,13-16H2,1-4H3,(H,28,30)(H,29,33)(H,31,32)/t22-,23?/m1/s1. The van der Waals surface area contributed by atoms with Gasteiger partial charge in [0.15, 0.2) is 0 Å². The highest BCUT2D eigenvalue weighted by molar-refractivity contribution is 7.98. The van der Waals surface area contributed by atoms with Gasteiger partial charge in [0.1, 0.15) is 18.7 Å². The van der Waals surface area contributed by atoms with Crippen LogP contribution in [0, 0.1) is 5.41 Å². The zero-order valence-electron chi connectivity index (χ0n) is 20.7. The van der Waals surface area contributed by atoms with Crippen LogP contribution in [0.25, 0.3) is 11.1 Å². The molecule has 2 aromatic carbocycles. The maximum atomic E-state index is 12.9. The van der Waals surface area contributed by atoms with Crippen LogP contribution in [0.15, 0.2) is 48.5 Å². The van der Waals surface area contributed by atoms with E-state index < -0.39 is 30.1 Å². The lowest BCUT2D eigenvalue weighted by Gasteiger charge is -2.26. The fraction of sp³-hybridized carbons (Fsp3) is 0.444. The Morgan fingerprint density at radius 2 is 1.54 bits per heavy atom. The first-order chi connectivity index (χ1) is 16.6. The van der Waals surface area contributed by atoms with Gasteiger partial charge >= 0.3 is 12.1 Å². The lowest BCUT2D eigenvalue weighted by molar-refractivity contribution is -0.143. The molecule has 1 aliphatic carbocycles. The number of aliphatic carboxylic acids is 1. The molecule has 0 saturated carbocycles. The van der Waals surface area contributed by atoms with Crippen LogP contribution in [0.3, 0.4) is 0 Å². The van der Waals surface area contributed by atoms with Crippen LogP contribution < -0.4 is 10.6 Å². The fourth-order valence-corrected chi connectivity index (χ4v) is 4.84. The average Bonchev–Trinajstić information content (AvgIpc) is 3.12. The highest BCUT2D eigenvalue weighted by atomic mass is 32.2. The largest absolute Gasteiger partial charge is 0.480 e. The van der Waals surface area contributed by atoms with Crippen LogP contribution in [-0.2, 0) is 14.3 Å². The van der Waals surface area contributed by atoms with Crippen LogP contribution in [0.5, 0.6) is 0 Å². The number of carboxylic acid groups (broad SMARTS) is 1. The van der Waals surface area contributed by atoms with Crippen molar-refractivity contribution in [2.45, 2.75) is 51.6 Å². The second-order valence-electron chi connectivity index (χ2n) is 9.97. The van der Waals surface area contributed by atoms with Crippen molar-refractivity contribution in [3.8, 4) is 11.1 Å². The smallest absolute Gasteiger partial charge is 0.407 e. The maximum absolute atomic E-state index is 12.9. The number of fused-ring (bicyclic) bond motifs is 3. The molecule has 0 saturated heterocycles. The topological polar surface area (TPSA) is 105 Å². The molecule has 7 nitrogen and oxygen atoms in total. The van der Waals surface area contributed by atoms with Gasteiger partial charge < -0.3 is 20.5 Å². The summed E-state index contributed by atoms with van der Waals surface area (Å²) in [6, 6.07) is 14.2. The van der Waals surface area contributed by atoms with Crippen molar-refractivity contribution in [3.63, 3.8) is 0 Å². The predicted octanol–water partition coefficient (Wildman–Crippen LogP) is 4.65. The molecule has 8 heteroatoms. The maximum Gasteiger partial charge on any atom is 0.407 e. The first kappa shape index (κ1) is 26.6. The Kier molecular flexibility index (Phi) is 8.83. The van der Waals surface area contributed by atoms with Gasteiger partial charge in [-0.25, -0.2) is 9.59 Å². The lowest BCUT2D eigenvalue weighted by Crippen LogP contribution is -2.52. The Morgan fingerprint density at radius 3 is 2.06 bits per heavy atom. The third kappa shape index (κ3) is 7.01. The van der Waals surface area contributed by atoms with Gasteiger partial charge in [-0.15, -0.1) is 0 Å². The van der Waals surface area contributed by atoms with E-state index in [4.69, 9.17) is 4.74 Å². The molecule has 2 aromatic rings. The molecule has 0 aliphatic heterocycles. The summed E-state index contributed by atoms with van der Waals surface area (Å²) in [4.78, 5) is 37.3. The normalized spacial score (nSPS) is 14.4. The second kappa shape index (κ2) is 11.6. The minimum Gasteiger partial charge on any atom is -0.480 e. The minimum absolute atomic E-state index is 0.0881. The average molecular weight is 499 g/mol. The summed E-state index contributed by atoms with van der Waals surface area (Å²) >= 11 is 1.54. The molecule has 188 valence electrons. The monoisotopic (exact) mass is 498 g/mol. The number of alkyl carbamates (subject to hydrolysis) is 1. The first-order valence-corrected chi connectivity index (χ1v) is 13.1. The van der Waals surface area contributed by atoms with Crippen LogP contribution >= 0.6 is 11.8 Å². The van der Waals surface area contributed by atoms with Gasteiger partial charge in [0, 0.05) is 5.92 Å². The lowest BCUT2D eigenvalue weighted by atomic mass is 9.88. The first-order valence-electron chi connectivity index (χ1n) is 11.7. The van der Waals surface area contributed by atoms with Crippen molar-refractivity contribution in [2.24, 2.45) is 5.41 Å². The molecule has 2 atom stereocenters. The van der Waals surface area contributed by atoms with Gasteiger partial charge in [-0.1, -0.05) is 69.3 Å². The summed E-state index contributed by atoms with van der Waals surface area (Å²) in [5.41, 5.74) is 4.18. The number of carbonyl (C=O) groups excluding carboxylic acids is 2.